The Bertz CT molecular complexity index is 841. The third-order valence-corrected chi connectivity index (χ3v) is 4.63. The Morgan fingerprint density at radius 1 is 1.08 bits per heavy atom. The molecule has 2 rings (SSSR count). The maximum Gasteiger partial charge on any atom is 0.347 e. The van der Waals surface area contributed by atoms with Gasteiger partial charge in [0.1, 0.15) is 5.75 Å². The van der Waals surface area contributed by atoms with Gasteiger partial charge in [-0.05, 0) is 97.3 Å². The normalized spacial score (nSPS) is 11.6. The second-order valence-electron chi connectivity index (χ2n) is 6.61. The summed E-state index contributed by atoms with van der Waals surface area (Å²) in [5, 5.41) is 9.24. The van der Waals surface area contributed by atoms with Gasteiger partial charge in [-0.1, -0.05) is 18.2 Å². The van der Waals surface area contributed by atoms with Crippen LogP contribution in [0, 0.1) is 17.4 Å². The van der Waals surface area contributed by atoms with Crippen molar-refractivity contribution in [3.63, 3.8) is 0 Å². The molecule has 0 saturated heterocycles. The van der Waals surface area contributed by atoms with Crippen LogP contribution in [0.1, 0.15) is 40.9 Å². The molecule has 4 nitrogen and oxygen atoms in total. The van der Waals surface area contributed by atoms with Crippen LogP contribution >= 0.6 is 22.6 Å². The van der Waals surface area contributed by atoms with E-state index in [9.17, 15) is 14.7 Å². The quantitative estimate of drug-likeness (QED) is 0.370. The second-order valence-corrected chi connectivity index (χ2v) is 7.85. The van der Waals surface area contributed by atoms with Gasteiger partial charge in [-0.3, -0.25) is 4.79 Å². The fraction of sp³-hybridized carbons (Fsp3) is 0.238. The molecular weight excluding hydrogens is 443 g/mol. The van der Waals surface area contributed by atoms with Crippen molar-refractivity contribution < 1.29 is 19.4 Å². The molecule has 0 aliphatic heterocycles. The molecule has 2 aromatic rings. The first kappa shape index (κ1) is 20.2. The van der Waals surface area contributed by atoms with Crippen molar-refractivity contribution >= 4 is 40.4 Å². The van der Waals surface area contributed by atoms with E-state index in [0.717, 1.165) is 20.3 Å². The monoisotopic (exact) mass is 464 g/mol. The van der Waals surface area contributed by atoms with Crippen LogP contribution in [0.3, 0.4) is 0 Å². The van der Waals surface area contributed by atoms with Gasteiger partial charge in [0, 0.05) is 9.13 Å². The molecule has 0 heterocycles. The summed E-state index contributed by atoms with van der Waals surface area (Å²) in [5.41, 5.74) is 1.83. The summed E-state index contributed by atoms with van der Waals surface area (Å²) in [6.07, 6.45) is 3.30. The highest BCUT2D eigenvalue weighted by Gasteiger charge is 2.30. The first-order valence-electron chi connectivity index (χ1n) is 8.12. The molecule has 2 aromatic carbocycles. The van der Waals surface area contributed by atoms with Gasteiger partial charge in [-0.15, -0.1) is 0 Å². The lowest BCUT2D eigenvalue weighted by Gasteiger charge is -2.24. The van der Waals surface area contributed by atoms with Crippen molar-refractivity contribution in [2.75, 3.05) is 0 Å². The van der Waals surface area contributed by atoms with Crippen molar-refractivity contribution in [1.29, 1.82) is 0 Å². The molecular formula is C21H21IO4. The van der Waals surface area contributed by atoms with Gasteiger partial charge in [0.25, 0.3) is 0 Å². The van der Waals surface area contributed by atoms with Crippen molar-refractivity contribution in [3.05, 3.63) is 68.3 Å². The number of carboxylic acids is 1. The molecule has 26 heavy (non-hydrogen) atoms. The number of aryl methyl sites for hydroxylation is 2. The summed E-state index contributed by atoms with van der Waals surface area (Å²) in [6, 6.07) is 11.1. The molecule has 0 atom stereocenters. The van der Waals surface area contributed by atoms with Crippen LogP contribution in [0.5, 0.6) is 5.75 Å². The molecule has 0 aromatic heterocycles. The minimum absolute atomic E-state index is 0.0657. The van der Waals surface area contributed by atoms with E-state index in [1.807, 2.05) is 38.1 Å². The summed E-state index contributed by atoms with van der Waals surface area (Å²) in [4.78, 5) is 23.5. The number of rotatable bonds is 6. The van der Waals surface area contributed by atoms with Gasteiger partial charge in [0.15, 0.2) is 11.4 Å². The van der Waals surface area contributed by atoms with Crippen molar-refractivity contribution in [3.8, 4) is 5.75 Å². The maximum atomic E-state index is 12.2. The van der Waals surface area contributed by atoms with Gasteiger partial charge in [0.05, 0.1) is 0 Å². The van der Waals surface area contributed by atoms with Crippen LogP contribution in [0.2, 0.25) is 0 Å². The number of ether oxygens (including phenoxy) is 1. The van der Waals surface area contributed by atoms with E-state index in [2.05, 4.69) is 22.6 Å². The lowest BCUT2D eigenvalue weighted by molar-refractivity contribution is -0.152. The molecule has 136 valence electrons. The molecule has 0 bridgehead atoms. The van der Waals surface area contributed by atoms with Crippen LogP contribution in [-0.4, -0.2) is 22.5 Å². The standard InChI is InChI=1S/C21H21IO4/c1-13-11-15(5-10-18(23)16-6-8-17(22)9-7-16)12-14(2)19(13)26-21(3,4)20(24)25/h5-12H,1-4H3,(H,24,25)/b10-5+. The molecule has 5 heteroatoms. The first-order chi connectivity index (χ1) is 12.1. The molecule has 0 saturated carbocycles. The molecule has 0 amide bonds. The Hall–Kier alpha value is -2.15. The largest absolute Gasteiger partial charge is 0.478 e. The Balaban J connectivity index is 2.23. The zero-order valence-corrected chi connectivity index (χ0v) is 17.3. The minimum Gasteiger partial charge on any atom is -0.478 e. The van der Waals surface area contributed by atoms with Crippen LogP contribution in [0.15, 0.2) is 42.5 Å². The average molecular weight is 464 g/mol. The fourth-order valence-electron chi connectivity index (χ4n) is 2.42. The zero-order valence-electron chi connectivity index (χ0n) is 15.2. The lowest BCUT2D eigenvalue weighted by atomic mass is 10.0. The van der Waals surface area contributed by atoms with E-state index in [0.29, 0.717) is 11.3 Å². The topological polar surface area (TPSA) is 63.6 Å². The van der Waals surface area contributed by atoms with E-state index in [4.69, 9.17) is 4.74 Å². The predicted molar refractivity (Wildman–Crippen MR) is 111 cm³/mol. The molecule has 0 unspecified atom stereocenters. The number of hydrogen-bond acceptors (Lipinski definition) is 3. The first-order valence-corrected chi connectivity index (χ1v) is 9.19. The number of carbonyl (C=O) groups excluding carboxylic acids is 1. The fourth-order valence-corrected chi connectivity index (χ4v) is 2.78. The highest BCUT2D eigenvalue weighted by molar-refractivity contribution is 14.1. The Morgan fingerprint density at radius 3 is 2.12 bits per heavy atom. The van der Waals surface area contributed by atoms with Gasteiger partial charge in [-0.25, -0.2) is 4.79 Å². The summed E-state index contributed by atoms with van der Waals surface area (Å²) in [6.45, 7) is 6.75. The third-order valence-electron chi connectivity index (χ3n) is 3.91. The lowest BCUT2D eigenvalue weighted by Crippen LogP contribution is -2.38. The van der Waals surface area contributed by atoms with Crippen LogP contribution in [0.25, 0.3) is 6.08 Å². The molecule has 0 aliphatic rings. The van der Waals surface area contributed by atoms with Gasteiger partial charge in [-0.2, -0.15) is 0 Å². The number of hydrogen-bond donors (Lipinski definition) is 1. The number of aliphatic carboxylic acids is 1. The van der Waals surface area contributed by atoms with Crippen molar-refractivity contribution in [2.24, 2.45) is 0 Å². The summed E-state index contributed by atoms with van der Waals surface area (Å²) in [7, 11) is 0. The van der Waals surface area contributed by atoms with E-state index < -0.39 is 11.6 Å². The summed E-state index contributed by atoms with van der Waals surface area (Å²) >= 11 is 2.20. The third kappa shape index (κ3) is 4.94. The SMILES string of the molecule is Cc1cc(/C=C/C(=O)c2ccc(I)cc2)cc(C)c1OC(C)(C)C(=O)O. The van der Waals surface area contributed by atoms with Gasteiger partial charge < -0.3 is 9.84 Å². The van der Waals surface area contributed by atoms with Crippen molar-refractivity contribution in [1.82, 2.24) is 0 Å². The van der Waals surface area contributed by atoms with Gasteiger partial charge >= 0.3 is 5.97 Å². The number of carbonyl (C=O) groups is 2. The Labute approximate surface area is 167 Å². The molecule has 0 fully saturated rings. The summed E-state index contributed by atoms with van der Waals surface area (Å²) in [5.74, 6) is -0.536. The van der Waals surface area contributed by atoms with E-state index in [1.165, 1.54) is 19.9 Å². The molecule has 1 N–H and O–H groups in total. The smallest absolute Gasteiger partial charge is 0.347 e. The van der Waals surface area contributed by atoms with Crippen LogP contribution in [0.4, 0.5) is 0 Å². The number of allylic oxidation sites excluding steroid dienone is 1. The molecule has 0 spiro atoms. The molecule has 0 radical (unpaired) electrons. The summed E-state index contributed by atoms with van der Waals surface area (Å²) < 4.78 is 6.77. The average Bonchev–Trinajstić information content (AvgIpc) is 2.56. The van der Waals surface area contributed by atoms with E-state index in [-0.39, 0.29) is 5.78 Å². The van der Waals surface area contributed by atoms with Crippen LogP contribution in [-0.2, 0) is 4.79 Å². The maximum absolute atomic E-state index is 12.2. The van der Waals surface area contributed by atoms with E-state index in [1.54, 1.807) is 18.2 Å². The zero-order chi connectivity index (χ0) is 19.5. The number of benzene rings is 2. The number of halogens is 1. The predicted octanol–water partition coefficient (Wildman–Crippen LogP) is 5.05. The van der Waals surface area contributed by atoms with Crippen molar-refractivity contribution in [2.45, 2.75) is 33.3 Å². The minimum atomic E-state index is -1.31. The second kappa shape index (κ2) is 8.03. The van der Waals surface area contributed by atoms with Crippen LogP contribution < -0.4 is 4.74 Å². The van der Waals surface area contributed by atoms with E-state index >= 15 is 0 Å². The van der Waals surface area contributed by atoms with Gasteiger partial charge in [0.2, 0.25) is 0 Å². The Morgan fingerprint density at radius 2 is 1.62 bits per heavy atom. The highest BCUT2D eigenvalue weighted by Crippen LogP contribution is 2.29. The Kier molecular flexibility index (Phi) is 6.23. The molecule has 0 aliphatic carbocycles. The highest BCUT2D eigenvalue weighted by atomic mass is 127. The number of ketones is 1. The number of carboxylic acid groups (broad SMARTS) is 1.